The summed E-state index contributed by atoms with van der Waals surface area (Å²) in [7, 11) is 3.66. The number of amidine groups is 1. The number of likely N-dealkylation sites (tertiary alicyclic amines) is 1. The number of carbonyl (C=O) groups is 2. The fraction of sp³-hybridized carbons (Fsp3) is 0.521. The van der Waals surface area contributed by atoms with Crippen LogP contribution >= 0.6 is 15.9 Å². The second-order valence-electron chi connectivity index (χ2n) is 17.9. The van der Waals surface area contributed by atoms with Crippen LogP contribution in [0.4, 0.5) is 25.8 Å². The number of carbonyl (C=O) groups excluding carboxylic acids is 2. The SMILES string of the molecule is C=C(CCC(C=O)c1c(F)cc(N2CCC3(CC2)CC(CN2CCC(c4ccc5c(c4)N(c4cccc(Br)c4C=O)C(=NC)C54CCCCC4)CC2)C3)cc1F)NC. The first-order valence-electron chi connectivity index (χ1n) is 21.5. The van der Waals surface area contributed by atoms with Gasteiger partial charge in [0, 0.05) is 61.1 Å². The Labute approximate surface area is 351 Å². The molecule has 8 rings (SSSR count). The van der Waals surface area contributed by atoms with Crippen LogP contribution in [-0.2, 0) is 10.2 Å². The lowest BCUT2D eigenvalue weighted by Gasteiger charge is -2.54. The molecule has 58 heavy (non-hydrogen) atoms. The van der Waals surface area contributed by atoms with Crippen molar-refractivity contribution in [1.29, 1.82) is 0 Å². The summed E-state index contributed by atoms with van der Waals surface area (Å²) in [5.41, 5.74) is 6.87. The van der Waals surface area contributed by atoms with Crippen molar-refractivity contribution in [3.8, 4) is 0 Å². The molecule has 3 aromatic rings. The molecule has 0 radical (unpaired) electrons. The van der Waals surface area contributed by atoms with Gasteiger partial charge in [0.2, 0.25) is 0 Å². The summed E-state index contributed by atoms with van der Waals surface area (Å²) < 4.78 is 31.4. The van der Waals surface area contributed by atoms with Crippen LogP contribution in [0.5, 0.6) is 0 Å². The zero-order valence-corrected chi connectivity index (χ0v) is 35.8. The first kappa shape index (κ1) is 40.9. The molecule has 2 spiro atoms. The van der Waals surface area contributed by atoms with Gasteiger partial charge in [-0.1, -0.05) is 44.0 Å². The Morgan fingerprint density at radius 2 is 1.67 bits per heavy atom. The molecule has 4 fully saturated rings. The van der Waals surface area contributed by atoms with Crippen LogP contribution < -0.4 is 15.1 Å². The number of anilines is 3. The van der Waals surface area contributed by atoms with Crippen molar-refractivity contribution in [1.82, 2.24) is 10.2 Å². The molecule has 0 bridgehead atoms. The predicted molar refractivity (Wildman–Crippen MR) is 234 cm³/mol. The fourth-order valence-electron chi connectivity index (χ4n) is 11.5. The topological polar surface area (TPSA) is 68.2 Å². The summed E-state index contributed by atoms with van der Waals surface area (Å²) in [4.78, 5) is 36.3. The van der Waals surface area contributed by atoms with Crippen molar-refractivity contribution in [3.63, 3.8) is 0 Å². The van der Waals surface area contributed by atoms with Crippen LogP contribution in [0, 0.1) is 23.0 Å². The quantitative estimate of drug-likeness (QED) is 0.183. The van der Waals surface area contributed by atoms with Gasteiger partial charge in [-0.15, -0.1) is 0 Å². The number of aldehydes is 2. The van der Waals surface area contributed by atoms with Crippen LogP contribution in [0.1, 0.15) is 122 Å². The first-order valence-corrected chi connectivity index (χ1v) is 22.3. The maximum atomic E-state index is 15.3. The third kappa shape index (κ3) is 7.57. The first-order chi connectivity index (χ1) is 28.1. The highest BCUT2D eigenvalue weighted by atomic mass is 79.9. The molecule has 3 aromatic carbocycles. The van der Waals surface area contributed by atoms with Crippen molar-refractivity contribution in [2.45, 2.75) is 101 Å². The smallest absolute Gasteiger partial charge is 0.153 e. The second kappa shape index (κ2) is 17.0. The number of fused-ring (bicyclic) bond motifs is 2. The maximum absolute atomic E-state index is 15.3. The zero-order chi connectivity index (χ0) is 40.6. The number of hydrogen-bond donors (Lipinski definition) is 1. The number of nitrogens with zero attached hydrogens (tertiary/aromatic N) is 4. The summed E-state index contributed by atoms with van der Waals surface area (Å²) in [6, 6.07) is 16.0. The highest BCUT2D eigenvalue weighted by Gasteiger charge is 2.50. The van der Waals surface area contributed by atoms with Crippen LogP contribution in [0.2, 0.25) is 0 Å². The number of rotatable bonds is 12. The summed E-state index contributed by atoms with van der Waals surface area (Å²) in [6.45, 7) is 8.78. The maximum Gasteiger partial charge on any atom is 0.153 e. The normalized spacial score (nSPS) is 21.9. The number of halogens is 3. The lowest BCUT2D eigenvalue weighted by molar-refractivity contribution is -0.109. The van der Waals surface area contributed by atoms with Gasteiger partial charge in [-0.25, -0.2) is 8.78 Å². The van der Waals surface area contributed by atoms with Crippen molar-refractivity contribution in [3.05, 3.63) is 99.2 Å². The van der Waals surface area contributed by atoms with E-state index in [4.69, 9.17) is 4.99 Å². The molecule has 10 heteroatoms. The van der Waals surface area contributed by atoms with Crippen molar-refractivity contribution in [2.75, 3.05) is 56.6 Å². The minimum absolute atomic E-state index is 0.116. The van der Waals surface area contributed by atoms with Crippen molar-refractivity contribution >= 4 is 51.4 Å². The van der Waals surface area contributed by atoms with E-state index in [0.29, 0.717) is 47.6 Å². The number of allylic oxidation sites excluding steroid dienone is 1. The summed E-state index contributed by atoms with van der Waals surface area (Å²) in [5.74, 6) is 0.130. The Balaban J connectivity index is 0.871. The van der Waals surface area contributed by atoms with Gasteiger partial charge in [0.05, 0.1) is 22.4 Å². The molecule has 7 nitrogen and oxygen atoms in total. The molecule has 1 unspecified atom stereocenters. The number of benzene rings is 3. The van der Waals surface area contributed by atoms with Gasteiger partial charge >= 0.3 is 0 Å². The average Bonchev–Trinajstić information content (AvgIpc) is 3.48. The third-order valence-electron chi connectivity index (χ3n) is 14.6. The van der Waals surface area contributed by atoms with Gasteiger partial charge in [0.15, 0.2) is 6.29 Å². The molecule has 2 aliphatic carbocycles. The van der Waals surface area contributed by atoms with E-state index >= 15 is 8.78 Å². The molecule has 3 aliphatic heterocycles. The predicted octanol–water partition coefficient (Wildman–Crippen LogP) is 10.6. The Morgan fingerprint density at radius 1 is 0.966 bits per heavy atom. The molecular formula is C48H58BrF2N5O2. The lowest BCUT2D eigenvalue weighted by atomic mass is 9.57. The van der Waals surface area contributed by atoms with Crippen molar-refractivity contribution < 1.29 is 18.4 Å². The van der Waals surface area contributed by atoms with E-state index in [0.717, 1.165) is 99.2 Å². The molecule has 2 saturated carbocycles. The molecule has 308 valence electrons. The molecule has 5 aliphatic rings. The summed E-state index contributed by atoms with van der Waals surface area (Å²) >= 11 is 3.65. The fourth-order valence-corrected chi connectivity index (χ4v) is 11.9. The van der Waals surface area contributed by atoms with E-state index < -0.39 is 17.6 Å². The molecule has 0 aromatic heterocycles. The molecule has 0 amide bonds. The van der Waals surface area contributed by atoms with E-state index in [9.17, 15) is 9.59 Å². The highest BCUT2D eigenvalue weighted by Crippen LogP contribution is 2.56. The molecule has 2 saturated heterocycles. The number of hydrogen-bond acceptors (Lipinski definition) is 6. The van der Waals surface area contributed by atoms with Crippen LogP contribution in [0.3, 0.4) is 0 Å². The van der Waals surface area contributed by atoms with Crippen LogP contribution in [-0.4, -0.2) is 70.1 Å². The lowest BCUT2D eigenvalue weighted by Crippen LogP contribution is -2.50. The van der Waals surface area contributed by atoms with E-state index in [1.807, 2.05) is 19.2 Å². The van der Waals surface area contributed by atoms with Gasteiger partial charge in [0.25, 0.3) is 0 Å². The molecule has 1 N–H and O–H groups in total. The number of nitrogens with one attached hydrogen (secondary N) is 1. The summed E-state index contributed by atoms with van der Waals surface area (Å²) in [5, 5.41) is 2.93. The largest absolute Gasteiger partial charge is 0.392 e. The zero-order valence-electron chi connectivity index (χ0n) is 34.2. The van der Waals surface area contributed by atoms with E-state index in [-0.39, 0.29) is 11.0 Å². The molecule has 3 heterocycles. The average molecular weight is 855 g/mol. The Bertz CT molecular complexity index is 2030. The van der Waals surface area contributed by atoms with Gasteiger partial charge in [0.1, 0.15) is 23.8 Å². The third-order valence-corrected chi connectivity index (χ3v) is 15.3. The summed E-state index contributed by atoms with van der Waals surface area (Å²) in [6.07, 6.45) is 15.0. The van der Waals surface area contributed by atoms with Gasteiger partial charge < -0.3 is 19.9 Å². The molecule has 1 atom stereocenters. The van der Waals surface area contributed by atoms with Crippen molar-refractivity contribution in [2.24, 2.45) is 16.3 Å². The monoisotopic (exact) mass is 853 g/mol. The van der Waals surface area contributed by atoms with Gasteiger partial charge in [-0.3, -0.25) is 14.7 Å². The van der Waals surface area contributed by atoms with Gasteiger partial charge in [-0.2, -0.15) is 0 Å². The molecular weight excluding hydrogens is 796 g/mol. The number of piperidine rings is 2. The van der Waals surface area contributed by atoms with E-state index in [1.165, 1.54) is 61.1 Å². The van der Waals surface area contributed by atoms with Gasteiger partial charge in [-0.05, 0) is 152 Å². The Kier molecular flexibility index (Phi) is 12.0. The standard InChI is InChI=1S/C48H58BrF2N5O2/c1-32(52-2)10-11-36(30-57)45-41(50)25-37(26-42(45)51)55-22-18-47(19-23-55)27-33(28-47)29-54-20-14-34(15-21-54)35-12-13-39-44(24-35)56(43-9-7-8-40(49)38(43)31-58)46(53-3)48(39)16-5-4-6-17-48/h7-9,12-13,24-26,30-31,33-34,36,52H,1,4-6,10-11,14-23,27-29H2,2-3H3. The Hall–Kier alpha value is -3.89. The van der Waals surface area contributed by atoms with E-state index in [2.05, 4.69) is 66.8 Å². The van der Waals surface area contributed by atoms with Crippen LogP contribution in [0.15, 0.2) is 70.3 Å². The van der Waals surface area contributed by atoms with Crippen LogP contribution in [0.25, 0.3) is 0 Å². The number of aliphatic imine (C=N–C) groups is 1. The minimum atomic E-state index is -0.841. The van der Waals surface area contributed by atoms with E-state index in [1.54, 1.807) is 7.05 Å². The minimum Gasteiger partial charge on any atom is -0.392 e. The second-order valence-corrected chi connectivity index (χ2v) is 18.7. The Morgan fingerprint density at radius 3 is 2.31 bits per heavy atom. The highest BCUT2D eigenvalue weighted by molar-refractivity contribution is 9.10.